The molecule has 2 amide bonds. The number of fused-ring (bicyclic) bond motifs is 2. The Morgan fingerprint density at radius 2 is 1.88 bits per heavy atom. The predicted molar refractivity (Wildman–Crippen MR) is 135 cm³/mol. The van der Waals surface area contributed by atoms with Crippen LogP contribution in [0.5, 0.6) is 0 Å². The number of hydrogen-bond acceptors (Lipinski definition) is 6. The van der Waals surface area contributed by atoms with E-state index < -0.39 is 5.91 Å². The molecule has 4 rings (SSSR count). The predicted octanol–water partition coefficient (Wildman–Crippen LogP) is 3.42. The maximum Gasteiger partial charge on any atom is 0.248 e. The second-order valence-corrected chi connectivity index (χ2v) is 8.09. The lowest BCUT2D eigenvalue weighted by atomic mass is 10.2. The number of hydrogen-bond donors (Lipinski definition) is 4. The van der Waals surface area contributed by atoms with Crippen LogP contribution in [0.4, 0.5) is 17.2 Å². The Balaban J connectivity index is 1.44. The fourth-order valence-corrected chi connectivity index (χ4v) is 3.56. The SMILES string of the molecule is CN(C)CCCNC(=O)/C=C/C(=O)Nc1ccc2ncnc(Nc3cccc4[nH]ccc34)c2c1. The lowest BCUT2D eigenvalue weighted by Crippen LogP contribution is -2.25. The molecule has 0 bridgehead atoms. The van der Waals surface area contributed by atoms with E-state index in [1.807, 2.05) is 61.6 Å². The number of carbonyl (C=O) groups excluding carboxylic acids is 2. The van der Waals surface area contributed by atoms with Crippen LogP contribution in [0.2, 0.25) is 0 Å². The minimum atomic E-state index is -0.397. The third kappa shape index (κ3) is 5.76. The van der Waals surface area contributed by atoms with Crippen LogP contribution in [0.25, 0.3) is 21.8 Å². The molecule has 9 nitrogen and oxygen atoms in total. The van der Waals surface area contributed by atoms with Gasteiger partial charge in [0.05, 0.1) is 5.52 Å². The van der Waals surface area contributed by atoms with E-state index in [0.29, 0.717) is 18.1 Å². The number of nitrogens with zero attached hydrogens (tertiary/aromatic N) is 3. The summed E-state index contributed by atoms with van der Waals surface area (Å²) in [6.45, 7) is 1.44. The number of amides is 2. The van der Waals surface area contributed by atoms with Crippen molar-refractivity contribution in [3.8, 4) is 0 Å². The van der Waals surface area contributed by atoms with E-state index >= 15 is 0 Å². The van der Waals surface area contributed by atoms with Gasteiger partial charge in [0.1, 0.15) is 12.1 Å². The van der Waals surface area contributed by atoms with Crippen LogP contribution in [0.3, 0.4) is 0 Å². The van der Waals surface area contributed by atoms with E-state index in [9.17, 15) is 9.59 Å². The van der Waals surface area contributed by atoms with Crippen molar-refractivity contribution in [1.82, 2.24) is 25.2 Å². The monoisotopic (exact) mass is 457 g/mol. The van der Waals surface area contributed by atoms with Gasteiger partial charge in [0, 0.05) is 52.6 Å². The zero-order valence-corrected chi connectivity index (χ0v) is 19.1. The summed E-state index contributed by atoms with van der Waals surface area (Å²) in [5, 5.41) is 10.7. The van der Waals surface area contributed by atoms with Crippen molar-refractivity contribution in [2.75, 3.05) is 37.8 Å². The van der Waals surface area contributed by atoms with Crippen LogP contribution in [0.1, 0.15) is 6.42 Å². The number of nitrogens with one attached hydrogen (secondary N) is 4. The Bertz CT molecular complexity index is 1340. The van der Waals surface area contributed by atoms with Gasteiger partial charge < -0.3 is 25.8 Å². The van der Waals surface area contributed by atoms with Crippen LogP contribution in [-0.4, -0.2) is 58.9 Å². The van der Waals surface area contributed by atoms with Gasteiger partial charge in [-0.15, -0.1) is 0 Å². The normalized spacial score (nSPS) is 11.4. The van der Waals surface area contributed by atoms with Gasteiger partial charge in [-0.25, -0.2) is 9.97 Å². The van der Waals surface area contributed by atoms with Crippen molar-refractivity contribution in [3.63, 3.8) is 0 Å². The molecule has 4 aromatic rings. The summed E-state index contributed by atoms with van der Waals surface area (Å²) in [5.41, 5.74) is 3.24. The van der Waals surface area contributed by atoms with Crippen LogP contribution in [-0.2, 0) is 9.59 Å². The first-order chi connectivity index (χ1) is 16.5. The zero-order valence-electron chi connectivity index (χ0n) is 19.1. The van der Waals surface area contributed by atoms with Crippen molar-refractivity contribution >= 4 is 50.8 Å². The van der Waals surface area contributed by atoms with Gasteiger partial charge in [-0.05, 0) is 63.5 Å². The molecule has 0 spiro atoms. The Morgan fingerprint density at radius 1 is 1.03 bits per heavy atom. The minimum absolute atomic E-state index is 0.300. The fraction of sp³-hybridized carbons (Fsp3) is 0.200. The molecule has 174 valence electrons. The topological polar surface area (TPSA) is 115 Å². The average molecular weight is 458 g/mol. The number of carbonyl (C=O) groups is 2. The van der Waals surface area contributed by atoms with Gasteiger partial charge >= 0.3 is 0 Å². The second kappa shape index (κ2) is 10.6. The molecule has 0 aliphatic heterocycles. The van der Waals surface area contributed by atoms with Crippen LogP contribution >= 0.6 is 0 Å². The van der Waals surface area contributed by atoms with E-state index in [4.69, 9.17) is 0 Å². The number of H-pyrrole nitrogens is 1. The summed E-state index contributed by atoms with van der Waals surface area (Å²) in [5.74, 6) is -0.0695. The quantitative estimate of drug-likeness (QED) is 0.226. The minimum Gasteiger partial charge on any atom is -0.361 e. The summed E-state index contributed by atoms with van der Waals surface area (Å²) in [4.78, 5) is 38.2. The summed E-state index contributed by atoms with van der Waals surface area (Å²) in [6.07, 6.45) is 6.69. The van der Waals surface area contributed by atoms with Crippen molar-refractivity contribution in [1.29, 1.82) is 0 Å². The Hall–Kier alpha value is -4.24. The van der Waals surface area contributed by atoms with E-state index in [-0.39, 0.29) is 5.91 Å². The molecular formula is C25H27N7O2. The largest absolute Gasteiger partial charge is 0.361 e. The van der Waals surface area contributed by atoms with Crippen molar-refractivity contribution in [2.24, 2.45) is 0 Å². The van der Waals surface area contributed by atoms with Gasteiger partial charge in [-0.2, -0.15) is 0 Å². The van der Waals surface area contributed by atoms with E-state index in [0.717, 1.165) is 40.5 Å². The lowest BCUT2D eigenvalue weighted by molar-refractivity contribution is -0.117. The fourth-order valence-electron chi connectivity index (χ4n) is 3.56. The van der Waals surface area contributed by atoms with E-state index in [1.165, 1.54) is 18.5 Å². The van der Waals surface area contributed by atoms with Crippen LogP contribution in [0, 0.1) is 0 Å². The third-order valence-corrected chi connectivity index (χ3v) is 5.22. The zero-order chi connectivity index (χ0) is 23.9. The Kier molecular flexibility index (Phi) is 7.14. The highest BCUT2D eigenvalue weighted by Gasteiger charge is 2.09. The first-order valence-electron chi connectivity index (χ1n) is 11.0. The number of benzene rings is 2. The highest BCUT2D eigenvalue weighted by atomic mass is 16.2. The summed E-state index contributed by atoms with van der Waals surface area (Å²) in [7, 11) is 3.96. The van der Waals surface area contributed by atoms with Gasteiger partial charge in [0.15, 0.2) is 0 Å². The molecule has 0 aliphatic carbocycles. The molecule has 2 heterocycles. The maximum absolute atomic E-state index is 12.3. The highest BCUT2D eigenvalue weighted by molar-refractivity contribution is 6.05. The number of aromatic amines is 1. The number of aromatic nitrogens is 3. The first-order valence-corrected chi connectivity index (χ1v) is 11.0. The molecule has 9 heteroatoms. The van der Waals surface area contributed by atoms with Gasteiger partial charge in [-0.1, -0.05) is 6.07 Å². The molecule has 0 aliphatic rings. The highest BCUT2D eigenvalue weighted by Crippen LogP contribution is 2.29. The van der Waals surface area contributed by atoms with E-state index in [1.54, 1.807) is 6.07 Å². The molecule has 0 unspecified atom stereocenters. The van der Waals surface area contributed by atoms with E-state index in [2.05, 4.69) is 30.9 Å². The standard InChI is InChI=1S/C25H27N7O2/c1-32(2)14-4-12-27-23(33)9-10-24(34)30-17-7-8-21-19(15-17)25(29-16-28-21)31-22-6-3-5-20-18(22)11-13-26-20/h3,5-11,13,15-16,26H,4,12,14H2,1-2H3,(H,27,33)(H,30,34)(H,28,29,31)/b10-9+. The third-order valence-electron chi connectivity index (χ3n) is 5.22. The van der Waals surface area contributed by atoms with Gasteiger partial charge in [0.25, 0.3) is 0 Å². The Morgan fingerprint density at radius 3 is 2.74 bits per heavy atom. The molecule has 0 fully saturated rings. The van der Waals surface area contributed by atoms with Crippen LogP contribution in [0.15, 0.2) is 67.1 Å². The molecule has 4 N–H and O–H groups in total. The van der Waals surface area contributed by atoms with Gasteiger partial charge in [-0.3, -0.25) is 9.59 Å². The van der Waals surface area contributed by atoms with Crippen molar-refractivity contribution < 1.29 is 9.59 Å². The average Bonchev–Trinajstić information content (AvgIpc) is 3.31. The maximum atomic E-state index is 12.3. The molecule has 0 radical (unpaired) electrons. The van der Waals surface area contributed by atoms with Crippen LogP contribution < -0.4 is 16.0 Å². The molecular weight excluding hydrogens is 430 g/mol. The molecule has 34 heavy (non-hydrogen) atoms. The number of anilines is 3. The molecule has 2 aromatic heterocycles. The summed E-state index contributed by atoms with van der Waals surface area (Å²) in [6, 6.07) is 13.3. The number of rotatable bonds is 9. The smallest absolute Gasteiger partial charge is 0.248 e. The molecule has 0 saturated carbocycles. The second-order valence-electron chi connectivity index (χ2n) is 8.09. The first kappa shape index (κ1) is 22.9. The molecule has 2 aromatic carbocycles. The van der Waals surface area contributed by atoms with Crippen molar-refractivity contribution in [3.05, 3.63) is 67.1 Å². The lowest BCUT2D eigenvalue weighted by Gasteiger charge is -2.11. The summed E-state index contributed by atoms with van der Waals surface area (Å²) < 4.78 is 0. The summed E-state index contributed by atoms with van der Waals surface area (Å²) >= 11 is 0. The van der Waals surface area contributed by atoms with Crippen molar-refractivity contribution in [2.45, 2.75) is 6.42 Å². The van der Waals surface area contributed by atoms with Gasteiger partial charge in [0.2, 0.25) is 11.8 Å². The Labute approximate surface area is 197 Å². The molecule has 0 saturated heterocycles. The molecule has 0 atom stereocenters.